The van der Waals surface area contributed by atoms with Crippen LogP contribution in [0.2, 0.25) is 10.0 Å². The minimum atomic E-state index is -4.54. The van der Waals surface area contributed by atoms with E-state index in [9.17, 15) is 18.0 Å². The van der Waals surface area contributed by atoms with Gasteiger partial charge in [0.25, 0.3) is 5.91 Å². The molecule has 1 aromatic heterocycles. The highest BCUT2D eigenvalue weighted by molar-refractivity contribution is 6.35. The number of carbonyl (C=O) groups is 1. The molecule has 0 aliphatic carbocycles. The second kappa shape index (κ2) is 8.08. The second-order valence-corrected chi connectivity index (χ2v) is 6.45. The highest BCUT2D eigenvalue weighted by atomic mass is 35.5. The molecule has 28 heavy (non-hydrogen) atoms. The van der Waals surface area contributed by atoms with Crippen molar-refractivity contribution in [3.8, 4) is 11.3 Å². The second-order valence-electron chi connectivity index (χ2n) is 5.60. The van der Waals surface area contributed by atoms with Gasteiger partial charge in [-0.25, -0.2) is 5.43 Å². The lowest BCUT2D eigenvalue weighted by molar-refractivity contribution is -0.137. The lowest BCUT2D eigenvalue weighted by Gasteiger charge is -2.07. The molecule has 0 aliphatic rings. The first kappa shape index (κ1) is 20.0. The van der Waals surface area contributed by atoms with Gasteiger partial charge in [0, 0.05) is 16.1 Å². The fourth-order valence-electron chi connectivity index (χ4n) is 2.31. The standard InChI is InChI=1S/C19H11Cl2F3N2O2/c20-13-4-6-16(21)15(9-13)17-7-5-14(28-17)10-25-26-18(27)11-2-1-3-12(8-11)19(22,23)24/h1-10H,(H,26,27)/b25-10+. The van der Waals surface area contributed by atoms with Crippen LogP contribution >= 0.6 is 23.2 Å². The summed E-state index contributed by atoms with van der Waals surface area (Å²) in [6, 6.07) is 12.2. The predicted octanol–water partition coefficient (Wildman–Crippen LogP) is 6.04. The smallest absolute Gasteiger partial charge is 0.416 e. The Hall–Kier alpha value is -2.77. The quantitative estimate of drug-likeness (QED) is 0.408. The van der Waals surface area contributed by atoms with E-state index in [2.05, 4.69) is 10.5 Å². The van der Waals surface area contributed by atoms with Crippen LogP contribution in [0.5, 0.6) is 0 Å². The first-order chi connectivity index (χ1) is 13.2. The molecular weight excluding hydrogens is 416 g/mol. The summed E-state index contributed by atoms with van der Waals surface area (Å²) in [5.74, 6) is -0.0412. The zero-order valence-corrected chi connectivity index (χ0v) is 15.4. The number of hydrogen-bond acceptors (Lipinski definition) is 3. The average molecular weight is 427 g/mol. The normalized spacial score (nSPS) is 11.8. The first-order valence-corrected chi connectivity index (χ1v) is 8.55. The summed E-state index contributed by atoms with van der Waals surface area (Å²) in [5, 5.41) is 4.63. The van der Waals surface area contributed by atoms with Crippen LogP contribution < -0.4 is 5.43 Å². The molecule has 0 saturated heterocycles. The Morgan fingerprint density at radius 3 is 2.61 bits per heavy atom. The van der Waals surface area contributed by atoms with Crippen LogP contribution in [0.25, 0.3) is 11.3 Å². The van der Waals surface area contributed by atoms with Crippen molar-refractivity contribution in [2.45, 2.75) is 6.18 Å². The van der Waals surface area contributed by atoms with Crippen molar-refractivity contribution in [2.24, 2.45) is 5.10 Å². The molecule has 0 atom stereocenters. The molecule has 1 amide bonds. The van der Waals surface area contributed by atoms with Crippen molar-refractivity contribution >= 4 is 35.3 Å². The molecule has 0 aliphatic heterocycles. The van der Waals surface area contributed by atoms with Crippen molar-refractivity contribution in [1.82, 2.24) is 5.43 Å². The van der Waals surface area contributed by atoms with E-state index in [1.807, 2.05) is 0 Å². The van der Waals surface area contributed by atoms with Crippen LogP contribution in [0.3, 0.4) is 0 Å². The van der Waals surface area contributed by atoms with Gasteiger partial charge in [-0.2, -0.15) is 18.3 Å². The molecule has 4 nitrogen and oxygen atoms in total. The summed E-state index contributed by atoms with van der Waals surface area (Å²) >= 11 is 12.1. The van der Waals surface area contributed by atoms with Gasteiger partial charge in [-0.3, -0.25) is 4.79 Å². The summed E-state index contributed by atoms with van der Waals surface area (Å²) in [6.45, 7) is 0. The molecule has 1 N–H and O–H groups in total. The Morgan fingerprint density at radius 2 is 1.86 bits per heavy atom. The fraction of sp³-hybridized carbons (Fsp3) is 0.0526. The zero-order chi connectivity index (χ0) is 20.3. The third-order valence-corrected chi connectivity index (χ3v) is 4.20. The summed E-state index contributed by atoms with van der Waals surface area (Å²) in [6.07, 6.45) is -3.32. The molecule has 0 spiro atoms. The van der Waals surface area contributed by atoms with Gasteiger partial charge in [0.05, 0.1) is 16.8 Å². The van der Waals surface area contributed by atoms with Crippen molar-refractivity contribution in [3.05, 3.63) is 81.5 Å². The predicted molar refractivity (Wildman–Crippen MR) is 101 cm³/mol. The Morgan fingerprint density at radius 1 is 1.07 bits per heavy atom. The summed E-state index contributed by atoms with van der Waals surface area (Å²) in [7, 11) is 0. The molecule has 0 radical (unpaired) electrons. The number of benzene rings is 2. The van der Waals surface area contributed by atoms with E-state index in [1.165, 1.54) is 12.3 Å². The van der Waals surface area contributed by atoms with Gasteiger partial charge >= 0.3 is 6.18 Å². The van der Waals surface area contributed by atoms with E-state index < -0.39 is 17.6 Å². The van der Waals surface area contributed by atoms with Crippen LogP contribution in [0, 0.1) is 0 Å². The van der Waals surface area contributed by atoms with Gasteiger partial charge in [0.1, 0.15) is 11.5 Å². The van der Waals surface area contributed by atoms with E-state index in [0.29, 0.717) is 27.1 Å². The Kier molecular flexibility index (Phi) is 5.76. The van der Waals surface area contributed by atoms with E-state index >= 15 is 0 Å². The van der Waals surface area contributed by atoms with E-state index in [-0.39, 0.29) is 5.56 Å². The van der Waals surface area contributed by atoms with Crippen LogP contribution in [-0.2, 0) is 6.18 Å². The Bertz CT molecular complexity index is 1050. The van der Waals surface area contributed by atoms with Gasteiger partial charge < -0.3 is 4.42 Å². The van der Waals surface area contributed by atoms with E-state index in [0.717, 1.165) is 18.2 Å². The maximum atomic E-state index is 12.7. The Labute approximate surface area is 167 Å². The summed E-state index contributed by atoms with van der Waals surface area (Å²) < 4.78 is 43.7. The number of halogens is 5. The first-order valence-electron chi connectivity index (χ1n) is 7.80. The molecule has 0 unspecified atom stereocenters. The maximum Gasteiger partial charge on any atom is 0.416 e. The van der Waals surface area contributed by atoms with E-state index in [1.54, 1.807) is 30.3 Å². The fourth-order valence-corrected chi connectivity index (χ4v) is 2.69. The van der Waals surface area contributed by atoms with Crippen LogP contribution in [0.4, 0.5) is 13.2 Å². The van der Waals surface area contributed by atoms with Crippen molar-refractivity contribution in [2.75, 3.05) is 0 Å². The third kappa shape index (κ3) is 4.74. The SMILES string of the molecule is O=C(N/N=C/c1ccc(-c2cc(Cl)ccc2Cl)o1)c1cccc(C(F)(F)F)c1. The molecular formula is C19H11Cl2F3N2O2. The lowest BCUT2D eigenvalue weighted by atomic mass is 10.1. The van der Waals surface area contributed by atoms with E-state index in [4.69, 9.17) is 27.6 Å². The number of hydrogen-bond donors (Lipinski definition) is 1. The highest BCUT2D eigenvalue weighted by Gasteiger charge is 2.30. The monoisotopic (exact) mass is 426 g/mol. The van der Waals surface area contributed by atoms with Gasteiger partial charge in [0.15, 0.2) is 0 Å². The van der Waals surface area contributed by atoms with Crippen molar-refractivity contribution in [3.63, 3.8) is 0 Å². The van der Waals surface area contributed by atoms with Gasteiger partial charge in [-0.1, -0.05) is 29.3 Å². The number of amides is 1. The van der Waals surface area contributed by atoms with Crippen molar-refractivity contribution < 1.29 is 22.4 Å². The summed E-state index contributed by atoms with van der Waals surface area (Å²) in [4.78, 5) is 12.0. The number of alkyl halides is 3. The molecule has 3 aromatic rings. The molecule has 3 rings (SSSR count). The van der Waals surface area contributed by atoms with Crippen LogP contribution in [-0.4, -0.2) is 12.1 Å². The Balaban J connectivity index is 1.70. The van der Waals surface area contributed by atoms with Gasteiger partial charge in [-0.05, 0) is 48.5 Å². The largest absolute Gasteiger partial charge is 0.455 e. The minimum Gasteiger partial charge on any atom is -0.455 e. The number of nitrogens with one attached hydrogen (secondary N) is 1. The van der Waals surface area contributed by atoms with Crippen LogP contribution in [0.1, 0.15) is 21.7 Å². The van der Waals surface area contributed by atoms with Gasteiger partial charge in [-0.15, -0.1) is 0 Å². The molecule has 0 saturated carbocycles. The molecule has 0 bridgehead atoms. The maximum absolute atomic E-state index is 12.7. The average Bonchev–Trinajstić information content (AvgIpc) is 3.11. The number of furan rings is 1. The number of carbonyl (C=O) groups excluding carboxylic acids is 1. The van der Waals surface area contributed by atoms with Crippen molar-refractivity contribution in [1.29, 1.82) is 0 Å². The number of nitrogens with zero attached hydrogens (tertiary/aromatic N) is 1. The molecule has 9 heteroatoms. The zero-order valence-electron chi connectivity index (χ0n) is 13.9. The lowest BCUT2D eigenvalue weighted by Crippen LogP contribution is -2.18. The minimum absolute atomic E-state index is 0.169. The highest BCUT2D eigenvalue weighted by Crippen LogP contribution is 2.31. The van der Waals surface area contributed by atoms with Gasteiger partial charge in [0.2, 0.25) is 0 Å². The number of rotatable bonds is 4. The molecule has 0 fully saturated rings. The van der Waals surface area contributed by atoms with Crippen LogP contribution in [0.15, 0.2) is 64.1 Å². The molecule has 2 aromatic carbocycles. The molecule has 1 heterocycles. The molecule has 144 valence electrons. The topological polar surface area (TPSA) is 54.6 Å². The summed E-state index contributed by atoms with van der Waals surface area (Å²) in [5.41, 5.74) is 1.65. The number of hydrazone groups is 1. The third-order valence-electron chi connectivity index (χ3n) is 3.63.